The third-order valence-corrected chi connectivity index (χ3v) is 1.45. The number of rotatable bonds is 4. The number of carbonyl (C=O) groups excluding carboxylic acids is 1. The van der Waals surface area contributed by atoms with E-state index in [2.05, 4.69) is 15.5 Å². The summed E-state index contributed by atoms with van der Waals surface area (Å²) in [5, 5.41) is 18.1. The van der Waals surface area contributed by atoms with Crippen LogP contribution in [0.4, 0.5) is 0 Å². The Labute approximate surface area is 85.6 Å². The van der Waals surface area contributed by atoms with Crippen molar-refractivity contribution in [3.63, 3.8) is 0 Å². The molecule has 0 aliphatic carbocycles. The Bertz CT molecular complexity index is 375. The van der Waals surface area contributed by atoms with E-state index in [-0.39, 0.29) is 6.54 Å². The van der Waals surface area contributed by atoms with Crippen molar-refractivity contribution in [2.75, 3.05) is 0 Å². The first-order valence-electron chi connectivity index (χ1n) is 4.14. The summed E-state index contributed by atoms with van der Waals surface area (Å²) in [6, 6.07) is 3.40. The van der Waals surface area contributed by atoms with E-state index in [0.717, 1.165) is 12.2 Å². The van der Waals surface area contributed by atoms with Crippen molar-refractivity contribution in [2.24, 2.45) is 0 Å². The summed E-state index contributed by atoms with van der Waals surface area (Å²) in [5.41, 5.74) is 0.606. The predicted octanol–water partition coefficient (Wildman–Crippen LogP) is -0.266. The van der Waals surface area contributed by atoms with Crippen molar-refractivity contribution in [3.05, 3.63) is 36.2 Å². The van der Waals surface area contributed by atoms with Crippen LogP contribution < -0.4 is 5.32 Å². The molecule has 1 amide bonds. The van der Waals surface area contributed by atoms with E-state index in [9.17, 15) is 9.59 Å². The Morgan fingerprint density at radius 3 is 2.87 bits per heavy atom. The van der Waals surface area contributed by atoms with Crippen LogP contribution >= 0.6 is 0 Å². The van der Waals surface area contributed by atoms with E-state index in [1.807, 2.05) is 0 Å². The van der Waals surface area contributed by atoms with Crippen LogP contribution in [0, 0.1) is 0 Å². The average Bonchev–Trinajstić information content (AvgIpc) is 2.25. The van der Waals surface area contributed by atoms with Crippen molar-refractivity contribution in [1.82, 2.24) is 15.5 Å². The van der Waals surface area contributed by atoms with Crippen molar-refractivity contribution >= 4 is 11.9 Å². The Hall–Kier alpha value is -2.24. The topological polar surface area (TPSA) is 92.2 Å². The maximum absolute atomic E-state index is 11.0. The number of amides is 1. The number of aromatic nitrogens is 2. The number of carboxylic acids is 1. The van der Waals surface area contributed by atoms with Gasteiger partial charge in [-0.05, 0) is 12.1 Å². The fraction of sp³-hybridized carbons (Fsp3) is 0.111. The monoisotopic (exact) mass is 207 g/mol. The maximum atomic E-state index is 11.0. The number of aliphatic carboxylic acids is 1. The highest BCUT2D eigenvalue weighted by atomic mass is 16.4. The highest BCUT2D eigenvalue weighted by Crippen LogP contribution is 1.89. The minimum atomic E-state index is -1.16. The second-order valence-electron chi connectivity index (χ2n) is 2.60. The van der Waals surface area contributed by atoms with Gasteiger partial charge >= 0.3 is 5.97 Å². The minimum absolute atomic E-state index is 0.219. The Morgan fingerprint density at radius 1 is 1.47 bits per heavy atom. The van der Waals surface area contributed by atoms with Crippen molar-refractivity contribution < 1.29 is 14.7 Å². The van der Waals surface area contributed by atoms with Crippen LogP contribution in [0.3, 0.4) is 0 Å². The highest BCUT2D eigenvalue weighted by Gasteiger charge is 1.98. The van der Waals surface area contributed by atoms with E-state index < -0.39 is 11.9 Å². The van der Waals surface area contributed by atoms with Gasteiger partial charge in [0.15, 0.2) is 0 Å². The molecule has 0 unspecified atom stereocenters. The van der Waals surface area contributed by atoms with Gasteiger partial charge < -0.3 is 10.4 Å². The van der Waals surface area contributed by atoms with Gasteiger partial charge in [0.1, 0.15) is 0 Å². The summed E-state index contributed by atoms with van der Waals surface area (Å²) >= 11 is 0. The van der Waals surface area contributed by atoms with Gasteiger partial charge in [0.2, 0.25) is 5.91 Å². The van der Waals surface area contributed by atoms with Gasteiger partial charge in [0, 0.05) is 18.3 Å². The van der Waals surface area contributed by atoms with Crippen molar-refractivity contribution in [1.29, 1.82) is 0 Å². The third-order valence-electron chi connectivity index (χ3n) is 1.45. The SMILES string of the molecule is O=C(O)/C=C/C(=O)NCc1cccnn1. The molecule has 2 N–H and O–H groups in total. The molecule has 0 aliphatic rings. The molecule has 0 saturated carbocycles. The first kappa shape index (κ1) is 10.8. The van der Waals surface area contributed by atoms with Crippen LogP contribution in [0.2, 0.25) is 0 Å². The van der Waals surface area contributed by atoms with Crippen LogP contribution in [0.15, 0.2) is 30.5 Å². The molecule has 1 heterocycles. The Kier molecular flexibility index (Phi) is 3.96. The zero-order valence-corrected chi connectivity index (χ0v) is 7.75. The van der Waals surface area contributed by atoms with E-state index in [4.69, 9.17) is 5.11 Å². The summed E-state index contributed by atoms with van der Waals surface area (Å²) in [6.07, 6.45) is 3.24. The van der Waals surface area contributed by atoms with E-state index in [1.165, 1.54) is 6.20 Å². The number of hydrogen-bond acceptors (Lipinski definition) is 4. The molecule has 1 aromatic heterocycles. The molecule has 0 radical (unpaired) electrons. The summed E-state index contributed by atoms with van der Waals surface area (Å²) in [6.45, 7) is 0.219. The molecule has 0 fully saturated rings. The van der Waals surface area contributed by atoms with Gasteiger partial charge in [-0.3, -0.25) is 4.79 Å². The lowest BCUT2D eigenvalue weighted by molar-refractivity contribution is -0.131. The van der Waals surface area contributed by atoms with Crippen LogP contribution in [-0.2, 0) is 16.1 Å². The molecule has 0 atom stereocenters. The smallest absolute Gasteiger partial charge is 0.328 e. The molecule has 1 rings (SSSR count). The van der Waals surface area contributed by atoms with Crippen LogP contribution in [-0.4, -0.2) is 27.2 Å². The quantitative estimate of drug-likeness (QED) is 0.663. The largest absolute Gasteiger partial charge is 0.478 e. The average molecular weight is 207 g/mol. The van der Waals surface area contributed by atoms with Crippen LogP contribution in [0.5, 0.6) is 0 Å². The number of nitrogens with one attached hydrogen (secondary N) is 1. The lowest BCUT2D eigenvalue weighted by Gasteiger charge is -1.99. The van der Waals surface area contributed by atoms with E-state index in [1.54, 1.807) is 12.1 Å². The number of nitrogens with zero attached hydrogens (tertiary/aromatic N) is 2. The summed E-state index contributed by atoms with van der Waals surface area (Å²) in [4.78, 5) is 21.1. The lowest BCUT2D eigenvalue weighted by atomic mass is 10.4. The third kappa shape index (κ3) is 4.51. The fourth-order valence-electron chi connectivity index (χ4n) is 0.811. The Morgan fingerprint density at radius 2 is 2.27 bits per heavy atom. The highest BCUT2D eigenvalue weighted by molar-refractivity contribution is 5.93. The normalized spacial score (nSPS) is 10.1. The standard InChI is InChI=1S/C9H9N3O3/c13-8(3-4-9(14)15)10-6-7-2-1-5-11-12-7/h1-5H,6H2,(H,10,13)(H,14,15)/b4-3+. The second kappa shape index (κ2) is 5.48. The lowest BCUT2D eigenvalue weighted by Crippen LogP contribution is -2.21. The van der Waals surface area contributed by atoms with Gasteiger partial charge in [-0.15, -0.1) is 0 Å². The molecule has 15 heavy (non-hydrogen) atoms. The Balaban J connectivity index is 2.38. The zero-order valence-electron chi connectivity index (χ0n) is 7.75. The van der Waals surface area contributed by atoms with E-state index >= 15 is 0 Å². The number of carboxylic acid groups (broad SMARTS) is 1. The van der Waals surface area contributed by atoms with Gasteiger partial charge in [0.25, 0.3) is 0 Å². The van der Waals surface area contributed by atoms with Gasteiger partial charge in [-0.25, -0.2) is 4.79 Å². The van der Waals surface area contributed by atoms with E-state index in [0.29, 0.717) is 5.69 Å². The summed E-state index contributed by atoms with van der Waals surface area (Å²) in [5.74, 6) is -1.65. The molecule has 0 saturated heterocycles. The zero-order chi connectivity index (χ0) is 11.1. The molecule has 6 nitrogen and oxygen atoms in total. The predicted molar refractivity (Wildman–Crippen MR) is 50.7 cm³/mol. The van der Waals surface area contributed by atoms with Crippen molar-refractivity contribution in [3.8, 4) is 0 Å². The molecule has 6 heteroatoms. The van der Waals surface area contributed by atoms with Gasteiger partial charge in [0.05, 0.1) is 12.2 Å². The first-order valence-corrected chi connectivity index (χ1v) is 4.14. The number of hydrogen-bond donors (Lipinski definition) is 2. The molecular formula is C9H9N3O3. The number of carbonyl (C=O) groups is 2. The molecule has 1 aromatic rings. The summed E-state index contributed by atoms with van der Waals surface area (Å²) in [7, 11) is 0. The maximum Gasteiger partial charge on any atom is 0.328 e. The summed E-state index contributed by atoms with van der Waals surface area (Å²) < 4.78 is 0. The molecule has 78 valence electrons. The molecule has 0 aromatic carbocycles. The van der Waals surface area contributed by atoms with Crippen LogP contribution in [0.1, 0.15) is 5.69 Å². The van der Waals surface area contributed by atoms with Crippen LogP contribution in [0.25, 0.3) is 0 Å². The first-order chi connectivity index (χ1) is 7.18. The molecule has 0 spiro atoms. The second-order valence-corrected chi connectivity index (χ2v) is 2.60. The van der Waals surface area contributed by atoms with Gasteiger partial charge in [-0.1, -0.05) is 0 Å². The molecule has 0 aliphatic heterocycles. The van der Waals surface area contributed by atoms with Gasteiger partial charge in [-0.2, -0.15) is 10.2 Å². The molecular weight excluding hydrogens is 198 g/mol. The molecule has 0 bridgehead atoms. The fourth-order valence-corrected chi connectivity index (χ4v) is 0.811. The van der Waals surface area contributed by atoms with Crippen molar-refractivity contribution in [2.45, 2.75) is 6.54 Å². The minimum Gasteiger partial charge on any atom is -0.478 e.